The van der Waals surface area contributed by atoms with Crippen molar-refractivity contribution in [3.63, 3.8) is 0 Å². The molecule has 1 atom stereocenters. The third kappa shape index (κ3) is 2.98. The van der Waals surface area contributed by atoms with Gasteiger partial charge >= 0.3 is 0 Å². The highest BCUT2D eigenvalue weighted by Crippen LogP contribution is 2.25. The summed E-state index contributed by atoms with van der Waals surface area (Å²) in [6, 6.07) is 4.36. The summed E-state index contributed by atoms with van der Waals surface area (Å²) in [5, 5.41) is 0. The Morgan fingerprint density at radius 3 is 3.00 bits per heavy atom. The number of nitrogens with two attached hydrogens (primary N) is 1. The molecule has 1 aliphatic rings. The predicted octanol–water partition coefficient (Wildman–Crippen LogP) is 2.00. The summed E-state index contributed by atoms with van der Waals surface area (Å²) >= 11 is 1.85. The van der Waals surface area contributed by atoms with Crippen molar-refractivity contribution < 1.29 is 4.74 Å². The maximum Gasteiger partial charge on any atom is 0.147 e. The van der Waals surface area contributed by atoms with Gasteiger partial charge in [-0.15, -0.1) is 11.3 Å². The third-order valence-electron chi connectivity index (χ3n) is 3.39. The Morgan fingerprint density at radius 1 is 1.40 bits per heavy atom. The first-order valence-electron chi connectivity index (χ1n) is 6.68. The number of nitrogens with zero attached hydrogens (tertiary/aromatic N) is 3. The average molecular weight is 290 g/mol. The van der Waals surface area contributed by atoms with Gasteiger partial charge in [0.1, 0.15) is 17.6 Å². The van der Waals surface area contributed by atoms with Gasteiger partial charge in [0.05, 0.1) is 6.61 Å². The van der Waals surface area contributed by atoms with Crippen molar-refractivity contribution in [2.24, 2.45) is 0 Å². The smallest absolute Gasteiger partial charge is 0.147 e. The van der Waals surface area contributed by atoms with E-state index < -0.39 is 0 Å². The van der Waals surface area contributed by atoms with E-state index >= 15 is 0 Å². The zero-order valence-electron chi connectivity index (χ0n) is 11.5. The van der Waals surface area contributed by atoms with Crippen LogP contribution >= 0.6 is 11.3 Å². The molecule has 1 saturated heterocycles. The molecule has 1 fully saturated rings. The maximum atomic E-state index is 5.88. The number of hydrogen-bond donors (Lipinski definition) is 1. The second-order valence-corrected chi connectivity index (χ2v) is 6.31. The first-order chi connectivity index (χ1) is 9.72. The van der Waals surface area contributed by atoms with Gasteiger partial charge in [0.25, 0.3) is 0 Å². The van der Waals surface area contributed by atoms with E-state index in [0.29, 0.717) is 12.4 Å². The van der Waals surface area contributed by atoms with Gasteiger partial charge in [-0.3, -0.25) is 9.88 Å². The van der Waals surface area contributed by atoms with Crippen LogP contribution in [0.3, 0.4) is 0 Å². The number of rotatable bonds is 3. The van der Waals surface area contributed by atoms with Crippen LogP contribution in [0.15, 0.2) is 24.5 Å². The zero-order valence-corrected chi connectivity index (χ0v) is 12.3. The molecular formula is C14H18N4OS. The molecule has 106 valence electrons. The summed E-state index contributed by atoms with van der Waals surface area (Å²) in [6.45, 7) is 5.54. The van der Waals surface area contributed by atoms with E-state index in [0.717, 1.165) is 25.3 Å². The molecule has 0 aromatic carbocycles. The number of thiophene rings is 1. The van der Waals surface area contributed by atoms with Gasteiger partial charge in [-0.25, -0.2) is 4.98 Å². The van der Waals surface area contributed by atoms with Gasteiger partial charge in [-0.05, 0) is 19.1 Å². The fourth-order valence-corrected chi connectivity index (χ4v) is 3.34. The topological polar surface area (TPSA) is 64.3 Å². The molecule has 2 N–H and O–H groups in total. The molecule has 3 heterocycles. The highest BCUT2D eigenvalue weighted by molar-refractivity contribution is 7.11. The van der Waals surface area contributed by atoms with Crippen LogP contribution in [0.1, 0.15) is 21.6 Å². The lowest BCUT2D eigenvalue weighted by Crippen LogP contribution is -2.38. The Kier molecular flexibility index (Phi) is 3.95. The molecule has 0 bridgehead atoms. The van der Waals surface area contributed by atoms with E-state index in [2.05, 4.69) is 33.9 Å². The Morgan fingerprint density at radius 2 is 2.25 bits per heavy atom. The molecule has 6 heteroatoms. The minimum atomic E-state index is -0.0847. The van der Waals surface area contributed by atoms with Gasteiger partial charge in [0, 0.05) is 41.8 Å². The highest BCUT2D eigenvalue weighted by Gasteiger charge is 2.25. The number of nitrogen functional groups attached to an aromatic ring is 1. The van der Waals surface area contributed by atoms with Crippen LogP contribution < -0.4 is 5.73 Å². The van der Waals surface area contributed by atoms with Crippen molar-refractivity contribution in [3.8, 4) is 0 Å². The van der Waals surface area contributed by atoms with Crippen molar-refractivity contribution in [3.05, 3.63) is 40.0 Å². The molecule has 20 heavy (non-hydrogen) atoms. The quantitative estimate of drug-likeness (QED) is 0.936. The second-order valence-electron chi connectivity index (χ2n) is 4.93. The van der Waals surface area contributed by atoms with Crippen molar-refractivity contribution in [1.29, 1.82) is 0 Å². The molecule has 0 amide bonds. The molecule has 2 aromatic heterocycles. The largest absolute Gasteiger partial charge is 0.382 e. The molecular weight excluding hydrogens is 272 g/mol. The molecule has 2 aromatic rings. The molecule has 0 saturated carbocycles. The molecule has 1 aliphatic heterocycles. The van der Waals surface area contributed by atoms with E-state index in [-0.39, 0.29) is 6.10 Å². The standard InChI is InChI=1S/C14H18N4OS/c1-10-2-3-11(20-10)8-18-6-7-19-12(9-18)13-14(15)17-5-4-16-13/h2-5,12H,6-9H2,1H3,(H2,15,17). The monoisotopic (exact) mass is 290 g/mol. The van der Waals surface area contributed by atoms with Gasteiger partial charge < -0.3 is 10.5 Å². The Labute approximate surface area is 122 Å². The lowest BCUT2D eigenvalue weighted by atomic mass is 10.2. The van der Waals surface area contributed by atoms with Crippen LogP contribution in [0.5, 0.6) is 0 Å². The Bertz CT molecular complexity index is 586. The lowest BCUT2D eigenvalue weighted by Gasteiger charge is -2.32. The SMILES string of the molecule is Cc1ccc(CN2CCOC(c3nccnc3N)C2)s1. The summed E-state index contributed by atoms with van der Waals surface area (Å²) in [6.07, 6.45) is 3.18. The summed E-state index contributed by atoms with van der Waals surface area (Å²) in [7, 11) is 0. The third-order valence-corrected chi connectivity index (χ3v) is 4.37. The summed E-state index contributed by atoms with van der Waals surface area (Å²) in [5.41, 5.74) is 6.63. The number of hydrogen-bond acceptors (Lipinski definition) is 6. The second kappa shape index (κ2) is 5.87. The summed E-state index contributed by atoms with van der Waals surface area (Å²) in [5.74, 6) is 0.464. The molecule has 0 radical (unpaired) electrons. The van der Waals surface area contributed by atoms with Crippen molar-refractivity contribution in [1.82, 2.24) is 14.9 Å². The fraction of sp³-hybridized carbons (Fsp3) is 0.429. The number of ether oxygens (including phenoxy) is 1. The van der Waals surface area contributed by atoms with Crippen LogP contribution in [-0.4, -0.2) is 34.6 Å². The highest BCUT2D eigenvalue weighted by atomic mass is 32.1. The van der Waals surface area contributed by atoms with Gasteiger partial charge in [-0.2, -0.15) is 0 Å². The normalized spacial score (nSPS) is 20.1. The van der Waals surface area contributed by atoms with Crippen molar-refractivity contribution >= 4 is 17.2 Å². The van der Waals surface area contributed by atoms with Crippen LogP contribution in [0.2, 0.25) is 0 Å². The molecule has 3 rings (SSSR count). The Balaban J connectivity index is 1.69. The van der Waals surface area contributed by atoms with E-state index in [4.69, 9.17) is 10.5 Å². The number of morpholine rings is 1. The lowest BCUT2D eigenvalue weighted by molar-refractivity contribution is -0.0344. The van der Waals surface area contributed by atoms with E-state index in [1.165, 1.54) is 9.75 Å². The van der Waals surface area contributed by atoms with Crippen LogP contribution in [0, 0.1) is 6.92 Å². The van der Waals surface area contributed by atoms with Crippen molar-refractivity contribution in [2.75, 3.05) is 25.4 Å². The van der Waals surface area contributed by atoms with E-state index in [1.807, 2.05) is 11.3 Å². The van der Waals surface area contributed by atoms with Gasteiger partial charge in [0.2, 0.25) is 0 Å². The van der Waals surface area contributed by atoms with Crippen molar-refractivity contribution in [2.45, 2.75) is 19.6 Å². The number of aromatic nitrogens is 2. The predicted molar refractivity (Wildman–Crippen MR) is 79.5 cm³/mol. The summed E-state index contributed by atoms with van der Waals surface area (Å²) in [4.78, 5) is 13.5. The molecule has 0 aliphatic carbocycles. The summed E-state index contributed by atoms with van der Waals surface area (Å²) < 4.78 is 5.80. The number of anilines is 1. The molecule has 1 unspecified atom stereocenters. The van der Waals surface area contributed by atoms with Gasteiger partial charge in [0.15, 0.2) is 0 Å². The Hall–Kier alpha value is -1.50. The zero-order chi connectivity index (χ0) is 13.9. The molecule has 5 nitrogen and oxygen atoms in total. The van der Waals surface area contributed by atoms with Crippen LogP contribution in [0.4, 0.5) is 5.82 Å². The minimum Gasteiger partial charge on any atom is -0.382 e. The first-order valence-corrected chi connectivity index (χ1v) is 7.49. The first kappa shape index (κ1) is 13.5. The van der Waals surface area contributed by atoms with Gasteiger partial charge in [-0.1, -0.05) is 0 Å². The van der Waals surface area contributed by atoms with Crippen LogP contribution in [0.25, 0.3) is 0 Å². The fourth-order valence-electron chi connectivity index (χ4n) is 2.41. The van der Waals surface area contributed by atoms with E-state index in [1.54, 1.807) is 12.4 Å². The van der Waals surface area contributed by atoms with Crippen LogP contribution in [-0.2, 0) is 11.3 Å². The maximum absolute atomic E-state index is 5.88. The van der Waals surface area contributed by atoms with E-state index in [9.17, 15) is 0 Å². The number of aryl methyl sites for hydroxylation is 1. The molecule has 0 spiro atoms. The minimum absolute atomic E-state index is 0.0847. The average Bonchev–Trinajstić information content (AvgIpc) is 2.85.